The Labute approximate surface area is 152 Å². The fourth-order valence-corrected chi connectivity index (χ4v) is 9.08. The summed E-state index contributed by atoms with van der Waals surface area (Å²) in [7, 11) is -1.95. The van der Waals surface area contributed by atoms with Crippen molar-refractivity contribution in [1.82, 2.24) is 4.98 Å². The number of benzene rings is 1. The number of carbonyl (C=O) groups is 1. The lowest BCUT2D eigenvalue weighted by Crippen LogP contribution is -2.50. The predicted octanol–water partition coefficient (Wildman–Crippen LogP) is 5.82. The Morgan fingerprint density at radius 2 is 1.52 bits per heavy atom. The van der Waals surface area contributed by atoms with Crippen molar-refractivity contribution in [1.29, 1.82) is 0 Å². The Balaban J connectivity index is 2.14. The monoisotopic (exact) mass is 358 g/mol. The Kier molecular flexibility index (Phi) is 6.11. The number of rotatable bonds is 7. The normalized spacial score (nSPS) is 12.0. The summed E-state index contributed by atoms with van der Waals surface area (Å²) in [5.74, 6) is 0.771. The third kappa shape index (κ3) is 4.15. The van der Waals surface area contributed by atoms with Gasteiger partial charge in [-0.2, -0.15) is 0 Å². The van der Waals surface area contributed by atoms with Crippen LogP contribution in [0.3, 0.4) is 0 Å². The first-order chi connectivity index (χ1) is 11.8. The molecule has 2 N–H and O–H groups in total. The Hall–Kier alpha value is -2.01. The van der Waals surface area contributed by atoms with Gasteiger partial charge in [-0.15, -0.1) is 0 Å². The number of amides is 1. The van der Waals surface area contributed by atoms with Gasteiger partial charge < -0.3 is 14.7 Å². The van der Waals surface area contributed by atoms with E-state index in [2.05, 4.69) is 51.8 Å². The highest BCUT2D eigenvalue weighted by Gasteiger charge is 2.46. The summed E-state index contributed by atoms with van der Waals surface area (Å²) in [6, 6.07) is 9.48. The molecular formula is C20H30N2O2Si. The van der Waals surface area contributed by atoms with Crippen LogP contribution in [0.4, 0.5) is 5.69 Å². The van der Waals surface area contributed by atoms with Crippen LogP contribution in [0.25, 0.3) is 0 Å². The quantitative estimate of drug-likeness (QED) is 0.613. The molecule has 0 saturated heterocycles. The first-order valence-corrected chi connectivity index (χ1v) is 11.1. The zero-order valence-electron chi connectivity index (χ0n) is 16.1. The van der Waals surface area contributed by atoms with Gasteiger partial charge in [-0.05, 0) is 47.0 Å². The molecule has 2 rings (SSSR count). The van der Waals surface area contributed by atoms with E-state index < -0.39 is 8.32 Å². The highest BCUT2D eigenvalue weighted by molar-refractivity contribution is 6.78. The van der Waals surface area contributed by atoms with Gasteiger partial charge in [-0.3, -0.25) is 4.79 Å². The van der Waals surface area contributed by atoms with Crippen LogP contribution in [0.2, 0.25) is 16.6 Å². The maximum Gasteiger partial charge on any atom is 0.258 e. The van der Waals surface area contributed by atoms with Crippen LogP contribution < -0.4 is 9.74 Å². The molecule has 0 spiro atoms. The number of carbonyl (C=O) groups excluding carboxylic acids is 1. The second-order valence-corrected chi connectivity index (χ2v) is 12.9. The summed E-state index contributed by atoms with van der Waals surface area (Å²) in [6.45, 7) is 13.7. The predicted molar refractivity (Wildman–Crippen MR) is 107 cm³/mol. The van der Waals surface area contributed by atoms with Gasteiger partial charge in [0.1, 0.15) is 5.75 Å². The number of aromatic nitrogens is 1. The molecule has 1 aromatic carbocycles. The lowest BCUT2D eigenvalue weighted by atomic mass is 10.2. The number of aromatic amines is 1. The Morgan fingerprint density at radius 1 is 0.960 bits per heavy atom. The maximum atomic E-state index is 12.1. The van der Waals surface area contributed by atoms with Gasteiger partial charge in [-0.25, -0.2) is 0 Å². The van der Waals surface area contributed by atoms with E-state index in [1.807, 2.05) is 24.3 Å². The molecule has 0 radical (unpaired) electrons. The fraction of sp³-hybridized carbons (Fsp3) is 0.450. The molecule has 0 bridgehead atoms. The first-order valence-electron chi connectivity index (χ1n) is 9.00. The second kappa shape index (κ2) is 7.91. The van der Waals surface area contributed by atoms with E-state index in [0.29, 0.717) is 22.2 Å². The molecule has 2 aromatic rings. The molecule has 25 heavy (non-hydrogen) atoms. The molecule has 1 amide bonds. The molecule has 0 saturated carbocycles. The van der Waals surface area contributed by atoms with Crippen molar-refractivity contribution in [2.24, 2.45) is 0 Å². The van der Waals surface area contributed by atoms with E-state index in [1.54, 1.807) is 18.5 Å². The van der Waals surface area contributed by atoms with Crippen LogP contribution in [0.1, 0.15) is 51.9 Å². The van der Waals surface area contributed by atoms with E-state index in [1.165, 1.54) is 0 Å². The summed E-state index contributed by atoms with van der Waals surface area (Å²) >= 11 is 0. The maximum absolute atomic E-state index is 12.1. The van der Waals surface area contributed by atoms with Crippen molar-refractivity contribution < 1.29 is 9.22 Å². The van der Waals surface area contributed by atoms with Gasteiger partial charge in [0.2, 0.25) is 0 Å². The fourth-order valence-electron chi connectivity index (χ4n) is 3.83. The van der Waals surface area contributed by atoms with Crippen molar-refractivity contribution in [3.63, 3.8) is 0 Å². The van der Waals surface area contributed by atoms with E-state index in [0.717, 1.165) is 11.4 Å². The van der Waals surface area contributed by atoms with Gasteiger partial charge in [0.25, 0.3) is 14.2 Å². The summed E-state index contributed by atoms with van der Waals surface area (Å²) in [4.78, 5) is 15.0. The number of hydrogen-bond donors (Lipinski definition) is 2. The van der Waals surface area contributed by atoms with Gasteiger partial charge in [0.15, 0.2) is 0 Å². The lowest BCUT2D eigenvalue weighted by Gasteiger charge is -2.42. The molecular weight excluding hydrogens is 328 g/mol. The molecule has 0 unspecified atom stereocenters. The van der Waals surface area contributed by atoms with Crippen molar-refractivity contribution in [3.8, 4) is 5.75 Å². The van der Waals surface area contributed by atoms with E-state index in [4.69, 9.17) is 4.43 Å². The zero-order chi connectivity index (χ0) is 18.6. The zero-order valence-corrected chi connectivity index (χ0v) is 17.1. The summed E-state index contributed by atoms with van der Waals surface area (Å²) in [6.07, 6.45) is 3.42. The van der Waals surface area contributed by atoms with Crippen LogP contribution in [0.15, 0.2) is 42.7 Å². The van der Waals surface area contributed by atoms with Crippen LogP contribution in [-0.2, 0) is 0 Å². The third-order valence-corrected chi connectivity index (χ3v) is 11.0. The Morgan fingerprint density at radius 3 is 1.96 bits per heavy atom. The van der Waals surface area contributed by atoms with Gasteiger partial charge >= 0.3 is 0 Å². The molecule has 4 nitrogen and oxygen atoms in total. The largest absolute Gasteiger partial charge is 0.543 e. The molecule has 1 heterocycles. The van der Waals surface area contributed by atoms with E-state index in [9.17, 15) is 4.79 Å². The minimum Gasteiger partial charge on any atom is -0.543 e. The molecule has 1 aromatic heterocycles. The van der Waals surface area contributed by atoms with Crippen molar-refractivity contribution in [3.05, 3.63) is 48.3 Å². The number of anilines is 1. The molecule has 0 atom stereocenters. The van der Waals surface area contributed by atoms with Crippen LogP contribution in [0, 0.1) is 0 Å². The van der Waals surface area contributed by atoms with Gasteiger partial charge in [0, 0.05) is 18.1 Å². The molecule has 0 fully saturated rings. The smallest absolute Gasteiger partial charge is 0.258 e. The average Bonchev–Trinajstić information content (AvgIpc) is 3.07. The van der Waals surface area contributed by atoms with E-state index >= 15 is 0 Å². The van der Waals surface area contributed by atoms with Gasteiger partial charge in [0.05, 0.1) is 5.56 Å². The SMILES string of the molecule is CC(C)[Si](Oc1ccc(NC(=O)c2cc[nH]c2)cc1)(C(C)C)C(C)C. The molecule has 136 valence electrons. The highest BCUT2D eigenvalue weighted by atomic mass is 28.4. The Bertz CT molecular complexity index is 654. The second-order valence-electron chi connectivity index (χ2n) is 7.50. The number of nitrogens with one attached hydrogen (secondary N) is 2. The molecule has 0 aliphatic carbocycles. The van der Waals surface area contributed by atoms with Crippen molar-refractivity contribution in [2.75, 3.05) is 5.32 Å². The molecule has 0 aliphatic rings. The van der Waals surface area contributed by atoms with Crippen LogP contribution in [-0.4, -0.2) is 19.2 Å². The molecule has 0 aliphatic heterocycles. The van der Waals surface area contributed by atoms with Crippen molar-refractivity contribution >= 4 is 19.9 Å². The third-order valence-electron chi connectivity index (χ3n) is 4.97. The highest BCUT2D eigenvalue weighted by Crippen LogP contribution is 2.42. The van der Waals surface area contributed by atoms with Crippen molar-refractivity contribution in [2.45, 2.75) is 58.2 Å². The summed E-state index contributed by atoms with van der Waals surface area (Å²) in [5, 5.41) is 2.90. The van der Waals surface area contributed by atoms with E-state index in [-0.39, 0.29) is 5.91 Å². The first kappa shape index (κ1) is 19.3. The minimum absolute atomic E-state index is 0.120. The van der Waals surface area contributed by atoms with Gasteiger partial charge in [-0.1, -0.05) is 41.5 Å². The van der Waals surface area contributed by atoms with Crippen LogP contribution >= 0.6 is 0 Å². The van der Waals surface area contributed by atoms with Crippen LogP contribution in [0.5, 0.6) is 5.75 Å². The minimum atomic E-state index is -1.95. The molecule has 5 heteroatoms. The standard InChI is InChI=1S/C20H30N2O2Si/c1-14(2)25(15(3)4,16(5)6)24-19-9-7-18(8-10-19)22-20(23)17-11-12-21-13-17/h7-16,21H,1-6H3,(H,22,23). The summed E-state index contributed by atoms with van der Waals surface area (Å²) < 4.78 is 6.64. The number of hydrogen-bond acceptors (Lipinski definition) is 2. The lowest BCUT2D eigenvalue weighted by molar-refractivity contribution is 0.102. The summed E-state index contributed by atoms with van der Waals surface area (Å²) in [5.41, 5.74) is 2.97. The average molecular weight is 359 g/mol. The number of H-pyrrole nitrogens is 1. The topological polar surface area (TPSA) is 54.1 Å².